The van der Waals surface area contributed by atoms with Gasteiger partial charge in [0.15, 0.2) is 5.78 Å². The molecule has 1 aliphatic rings. The van der Waals surface area contributed by atoms with Crippen molar-refractivity contribution in [3.05, 3.63) is 82.3 Å². The van der Waals surface area contributed by atoms with Gasteiger partial charge in [-0.05, 0) is 33.5 Å². The van der Waals surface area contributed by atoms with Crippen molar-refractivity contribution in [1.82, 2.24) is 0 Å². The summed E-state index contributed by atoms with van der Waals surface area (Å²) in [5.41, 5.74) is 2.11. The molecule has 1 atom stereocenters. The fourth-order valence-electron chi connectivity index (χ4n) is 2.91. The van der Waals surface area contributed by atoms with Crippen LogP contribution in [0.25, 0.3) is 0 Å². The third-order valence-electron chi connectivity index (χ3n) is 3.97. The third kappa shape index (κ3) is 2.65. The van der Waals surface area contributed by atoms with Crippen molar-refractivity contribution < 1.29 is 4.79 Å². The predicted molar refractivity (Wildman–Crippen MR) is 93.0 cm³/mol. The van der Waals surface area contributed by atoms with Crippen LogP contribution in [0.2, 0.25) is 0 Å². The topological polar surface area (TPSA) is 17.1 Å². The van der Waals surface area contributed by atoms with Crippen molar-refractivity contribution in [1.29, 1.82) is 0 Å². The summed E-state index contributed by atoms with van der Waals surface area (Å²) in [4.78, 5) is 11.9. The Hall–Kier alpha value is -1.19. The Morgan fingerprint density at radius 3 is 1.81 bits per heavy atom. The first-order chi connectivity index (χ1) is 10.1. The average molecular weight is 406 g/mol. The van der Waals surface area contributed by atoms with Gasteiger partial charge in [0.2, 0.25) is 0 Å². The van der Waals surface area contributed by atoms with E-state index in [4.69, 9.17) is 0 Å². The average Bonchev–Trinajstić information content (AvgIpc) is 2.54. The van der Waals surface area contributed by atoms with Gasteiger partial charge in [0.05, 0.1) is 9.31 Å². The molecule has 0 bridgehead atoms. The van der Waals surface area contributed by atoms with Gasteiger partial charge in [0, 0.05) is 5.41 Å². The highest BCUT2D eigenvalue weighted by Gasteiger charge is 2.41. The summed E-state index contributed by atoms with van der Waals surface area (Å²) in [5, 5.41) is 0. The van der Waals surface area contributed by atoms with Gasteiger partial charge in [-0.25, -0.2) is 0 Å². The second-order valence-electron chi connectivity index (χ2n) is 5.23. The highest BCUT2D eigenvalue weighted by atomic mass is 79.9. The lowest BCUT2D eigenvalue weighted by Gasteiger charge is -2.37. The van der Waals surface area contributed by atoms with Crippen LogP contribution in [0.1, 0.15) is 17.5 Å². The van der Waals surface area contributed by atoms with Gasteiger partial charge in [-0.15, -0.1) is 0 Å². The molecule has 21 heavy (non-hydrogen) atoms. The van der Waals surface area contributed by atoms with Crippen LogP contribution >= 0.6 is 31.9 Å². The molecular weight excluding hydrogens is 392 g/mol. The maximum absolute atomic E-state index is 12.1. The van der Waals surface area contributed by atoms with Crippen LogP contribution < -0.4 is 0 Å². The van der Waals surface area contributed by atoms with Crippen molar-refractivity contribution in [2.75, 3.05) is 0 Å². The first-order valence-electron chi connectivity index (χ1n) is 6.81. The van der Waals surface area contributed by atoms with E-state index in [-0.39, 0.29) is 16.0 Å². The molecule has 2 aromatic carbocycles. The highest BCUT2D eigenvalue weighted by Crippen LogP contribution is 2.44. The Bertz CT molecular complexity index is 637. The summed E-state index contributed by atoms with van der Waals surface area (Å²) in [6.45, 7) is 0. The molecule has 0 saturated heterocycles. The molecule has 3 heteroatoms. The minimum absolute atomic E-state index is 0.109. The summed E-state index contributed by atoms with van der Waals surface area (Å²) in [6.07, 6.45) is 2.77. The van der Waals surface area contributed by atoms with Crippen molar-refractivity contribution in [2.45, 2.75) is 16.7 Å². The molecule has 0 radical (unpaired) electrons. The smallest absolute Gasteiger partial charge is 0.183 e. The minimum Gasteiger partial charge on any atom is -0.292 e. The molecule has 0 spiro atoms. The van der Waals surface area contributed by atoms with Crippen molar-refractivity contribution in [3.63, 3.8) is 0 Å². The van der Waals surface area contributed by atoms with E-state index >= 15 is 0 Å². The lowest BCUT2D eigenvalue weighted by Crippen LogP contribution is -2.36. The maximum Gasteiger partial charge on any atom is 0.183 e. The normalized spacial score (nSPS) is 21.0. The van der Waals surface area contributed by atoms with Crippen LogP contribution in [0.5, 0.6) is 0 Å². The van der Waals surface area contributed by atoms with Gasteiger partial charge in [0.1, 0.15) is 0 Å². The summed E-state index contributed by atoms with van der Waals surface area (Å²) >= 11 is 6.99. The van der Waals surface area contributed by atoms with Gasteiger partial charge < -0.3 is 0 Å². The van der Waals surface area contributed by atoms with Crippen LogP contribution in [0.15, 0.2) is 71.2 Å². The number of allylic oxidation sites excluding steroid dienone is 2. The van der Waals surface area contributed by atoms with E-state index in [0.717, 1.165) is 6.42 Å². The Morgan fingerprint density at radius 1 is 0.905 bits per heavy atom. The molecule has 1 aliphatic carbocycles. The maximum atomic E-state index is 12.1. The lowest BCUT2D eigenvalue weighted by atomic mass is 9.68. The van der Waals surface area contributed by atoms with Crippen LogP contribution in [-0.2, 0) is 10.2 Å². The number of benzene rings is 2. The summed E-state index contributed by atoms with van der Waals surface area (Å²) in [7, 11) is 0. The Morgan fingerprint density at radius 2 is 1.38 bits per heavy atom. The zero-order chi connectivity index (χ0) is 14.9. The number of rotatable bonds is 2. The number of hydrogen-bond donors (Lipinski definition) is 0. The van der Waals surface area contributed by atoms with Crippen molar-refractivity contribution in [2.24, 2.45) is 0 Å². The predicted octanol–water partition coefficient (Wildman–Crippen LogP) is 4.99. The Kier molecular flexibility index (Phi) is 4.14. The van der Waals surface area contributed by atoms with Crippen LogP contribution in [-0.4, -0.2) is 10.6 Å². The summed E-state index contributed by atoms with van der Waals surface area (Å²) < 4.78 is 0.642. The van der Waals surface area contributed by atoms with Gasteiger partial charge in [-0.2, -0.15) is 0 Å². The number of carbonyl (C=O) groups is 1. The monoisotopic (exact) mass is 404 g/mol. The summed E-state index contributed by atoms with van der Waals surface area (Å²) in [6, 6.07) is 20.7. The van der Waals surface area contributed by atoms with Crippen molar-refractivity contribution in [3.8, 4) is 0 Å². The first kappa shape index (κ1) is 14.7. The molecule has 0 saturated carbocycles. The van der Waals surface area contributed by atoms with E-state index in [9.17, 15) is 4.79 Å². The second kappa shape index (κ2) is 5.90. The van der Waals surface area contributed by atoms with E-state index in [2.05, 4.69) is 62.2 Å². The third-order valence-corrected chi connectivity index (χ3v) is 5.33. The fraction of sp³-hybridized carbons (Fsp3) is 0.167. The molecule has 0 fully saturated rings. The number of carbonyl (C=O) groups excluding carboxylic acids is 1. The molecule has 3 rings (SSSR count). The van der Waals surface area contributed by atoms with Crippen LogP contribution in [0.3, 0.4) is 0 Å². The van der Waals surface area contributed by atoms with E-state index in [1.807, 2.05) is 36.4 Å². The molecule has 0 aliphatic heterocycles. The summed E-state index contributed by atoms with van der Waals surface area (Å²) in [5.74, 6) is 0.109. The van der Waals surface area contributed by atoms with E-state index < -0.39 is 0 Å². The highest BCUT2D eigenvalue weighted by molar-refractivity contribution is 9.12. The van der Waals surface area contributed by atoms with Crippen molar-refractivity contribution >= 4 is 37.6 Å². The van der Waals surface area contributed by atoms with Gasteiger partial charge >= 0.3 is 0 Å². The number of hydrogen-bond acceptors (Lipinski definition) is 1. The standard InChI is InChI=1S/C18H14Br2O/c19-15-11-18(12-16(20)17(15)21,13-7-3-1-4-8-13)14-9-5-2-6-10-14/h1-11,16H,12H2/t16-/m1/s1. The molecule has 0 amide bonds. The Labute approximate surface area is 141 Å². The van der Waals surface area contributed by atoms with E-state index in [0.29, 0.717) is 4.48 Å². The second-order valence-corrected chi connectivity index (χ2v) is 7.19. The van der Waals surface area contributed by atoms with Crippen LogP contribution in [0, 0.1) is 0 Å². The number of Topliss-reactive ketones (excluding diaryl/α,β-unsaturated/α-hetero) is 1. The zero-order valence-corrected chi connectivity index (χ0v) is 14.5. The minimum atomic E-state index is -0.288. The van der Waals surface area contributed by atoms with Gasteiger partial charge in [-0.3, -0.25) is 4.79 Å². The van der Waals surface area contributed by atoms with E-state index in [1.54, 1.807) is 0 Å². The molecule has 106 valence electrons. The molecule has 0 aromatic heterocycles. The lowest BCUT2D eigenvalue weighted by molar-refractivity contribution is -0.114. The Balaban J connectivity index is 2.25. The molecule has 0 N–H and O–H groups in total. The van der Waals surface area contributed by atoms with E-state index in [1.165, 1.54) is 11.1 Å². The zero-order valence-electron chi connectivity index (χ0n) is 11.3. The molecule has 2 aromatic rings. The largest absolute Gasteiger partial charge is 0.292 e. The number of halogens is 2. The SMILES string of the molecule is O=C1C(Br)=CC(c2ccccc2)(c2ccccc2)C[C@H]1Br. The number of alkyl halides is 1. The molecule has 1 nitrogen and oxygen atoms in total. The first-order valence-corrected chi connectivity index (χ1v) is 8.52. The quantitative estimate of drug-likeness (QED) is 0.643. The van der Waals surface area contributed by atoms with Crippen LogP contribution in [0.4, 0.5) is 0 Å². The fourth-order valence-corrected chi connectivity index (χ4v) is 4.64. The molecule has 0 heterocycles. The van der Waals surface area contributed by atoms with Gasteiger partial charge in [-0.1, -0.05) is 82.7 Å². The molecular formula is C18H14Br2O. The van der Waals surface area contributed by atoms with Gasteiger partial charge in [0.25, 0.3) is 0 Å². The molecule has 0 unspecified atom stereocenters. The number of ketones is 1.